The Hall–Kier alpha value is -1.59. The van der Waals surface area contributed by atoms with Gasteiger partial charge in [-0.2, -0.15) is 0 Å². The van der Waals surface area contributed by atoms with E-state index < -0.39 is 5.97 Å². The Kier molecular flexibility index (Phi) is 4.98. The highest BCUT2D eigenvalue weighted by molar-refractivity contribution is 7.14. The van der Waals surface area contributed by atoms with Crippen LogP contribution in [0.2, 0.25) is 5.02 Å². The summed E-state index contributed by atoms with van der Waals surface area (Å²) in [5.41, 5.74) is 2.99. The maximum absolute atomic E-state index is 11.8. The lowest BCUT2D eigenvalue weighted by Gasteiger charge is -2.15. The minimum absolute atomic E-state index is 0.0160. The van der Waals surface area contributed by atoms with Gasteiger partial charge in [-0.25, -0.2) is 9.78 Å². The molecule has 0 saturated carbocycles. The maximum Gasteiger partial charge on any atom is 0.360 e. The highest BCUT2D eigenvalue weighted by Crippen LogP contribution is 2.27. The molecule has 0 aliphatic carbocycles. The molecule has 0 bridgehead atoms. The van der Waals surface area contributed by atoms with Crippen molar-refractivity contribution in [2.45, 2.75) is 19.9 Å². The lowest BCUT2D eigenvalue weighted by Crippen LogP contribution is -2.11. The summed E-state index contributed by atoms with van der Waals surface area (Å²) in [6.07, 6.45) is 0. The molecule has 0 saturated heterocycles. The van der Waals surface area contributed by atoms with Gasteiger partial charge < -0.3 is 10.1 Å². The largest absolute Gasteiger partial charge is 0.461 e. The standard InChI is InChI=1S/C14H15ClN2O2S/c1-3-19-14(18)12-13(20-8-16-12)17-9(2)10-5-4-6-11(15)7-10/h4-9,17H,3H2,1-2H3. The molecule has 1 aromatic carbocycles. The highest BCUT2D eigenvalue weighted by atomic mass is 35.5. The van der Waals surface area contributed by atoms with Gasteiger partial charge in [0.15, 0.2) is 5.69 Å². The minimum Gasteiger partial charge on any atom is -0.461 e. The van der Waals surface area contributed by atoms with Crippen LogP contribution in [-0.4, -0.2) is 17.6 Å². The van der Waals surface area contributed by atoms with Crippen molar-refractivity contribution < 1.29 is 9.53 Å². The zero-order valence-corrected chi connectivity index (χ0v) is 12.8. The number of hydrogen-bond donors (Lipinski definition) is 1. The van der Waals surface area contributed by atoms with Crippen molar-refractivity contribution in [3.63, 3.8) is 0 Å². The van der Waals surface area contributed by atoms with Crippen molar-refractivity contribution in [2.75, 3.05) is 11.9 Å². The first kappa shape index (κ1) is 14.8. The summed E-state index contributed by atoms with van der Waals surface area (Å²) in [5, 5.41) is 4.66. The number of rotatable bonds is 5. The van der Waals surface area contributed by atoms with Crippen molar-refractivity contribution in [3.8, 4) is 0 Å². The second kappa shape index (κ2) is 6.72. The van der Waals surface area contributed by atoms with Gasteiger partial charge in [-0.3, -0.25) is 0 Å². The van der Waals surface area contributed by atoms with E-state index in [2.05, 4.69) is 10.3 Å². The number of aromatic nitrogens is 1. The van der Waals surface area contributed by atoms with Gasteiger partial charge in [0, 0.05) is 11.1 Å². The van der Waals surface area contributed by atoms with Crippen LogP contribution < -0.4 is 5.32 Å². The number of carbonyl (C=O) groups excluding carboxylic acids is 1. The third-order valence-corrected chi connectivity index (χ3v) is 3.73. The van der Waals surface area contributed by atoms with Gasteiger partial charge in [0.2, 0.25) is 0 Å². The number of ether oxygens (including phenoxy) is 1. The number of carbonyl (C=O) groups is 1. The normalized spacial score (nSPS) is 11.9. The van der Waals surface area contributed by atoms with Gasteiger partial charge in [0.05, 0.1) is 12.1 Å². The van der Waals surface area contributed by atoms with Crippen molar-refractivity contribution in [1.29, 1.82) is 0 Å². The molecule has 0 fully saturated rings. The van der Waals surface area contributed by atoms with E-state index in [1.54, 1.807) is 12.4 Å². The van der Waals surface area contributed by atoms with Gasteiger partial charge in [-0.15, -0.1) is 11.3 Å². The molecule has 6 heteroatoms. The Morgan fingerprint density at radius 3 is 3.05 bits per heavy atom. The van der Waals surface area contributed by atoms with Gasteiger partial charge >= 0.3 is 5.97 Å². The molecule has 20 heavy (non-hydrogen) atoms. The van der Waals surface area contributed by atoms with Crippen LogP contribution in [0.4, 0.5) is 5.00 Å². The molecule has 0 aliphatic rings. The summed E-state index contributed by atoms with van der Waals surface area (Å²) in [7, 11) is 0. The van der Waals surface area contributed by atoms with E-state index in [-0.39, 0.29) is 6.04 Å². The predicted molar refractivity (Wildman–Crippen MR) is 81.6 cm³/mol. The smallest absolute Gasteiger partial charge is 0.360 e. The van der Waals surface area contributed by atoms with Crippen LogP contribution in [0.25, 0.3) is 0 Å². The second-order valence-corrected chi connectivity index (χ2v) is 5.46. The number of nitrogens with zero attached hydrogens (tertiary/aromatic N) is 1. The Bertz CT molecular complexity index is 600. The van der Waals surface area contributed by atoms with Crippen LogP contribution in [0, 0.1) is 0 Å². The fourth-order valence-electron chi connectivity index (χ4n) is 1.75. The van der Waals surface area contributed by atoms with E-state index in [9.17, 15) is 4.79 Å². The molecule has 1 unspecified atom stereocenters. The summed E-state index contributed by atoms with van der Waals surface area (Å²) in [5.74, 6) is -0.408. The van der Waals surface area contributed by atoms with E-state index >= 15 is 0 Å². The fraction of sp³-hybridized carbons (Fsp3) is 0.286. The average molecular weight is 311 g/mol. The summed E-state index contributed by atoms with van der Waals surface area (Å²) in [6, 6.07) is 7.62. The van der Waals surface area contributed by atoms with E-state index in [1.807, 2.05) is 31.2 Å². The zero-order chi connectivity index (χ0) is 14.5. The minimum atomic E-state index is -0.408. The molecule has 1 aromatic heterocycles. The maximum atomic E-state index is 11.8. The monoisotopic (exact) mass is 310 g/mol. The van der Waals surface area contributed by atoms with Crippen LogP contribution in [0.5, 0.6) is 0 Å². The number of esters is 1. The van der Waals surface area contributed by atoms with Gasteiger partial charge in [-0.1, -0.05) is 23.7 Å². The third kappa shape index (κ3) is 3.49. The summed E-state index contributed by atoms with van der Waals surface area (Å²) >= 11 is 7.36. The first-order valence-electron chi connectivity index (χ1n) is 6.24. The molecule has 4 nitrogen and oxygen atoms in total. The second-order valence-electron chi connectivity index (χ2n) is 4.17. The van der Waals surface area contributed by atoms with E-state index in [0.717, 1.165) is 5.56 Å². The number of halogens is 1. The van der Waals surface area contributed by atoms with Crippen molar-refractivity contribution in [3.05, 3.63) is 46.1 Å². The van der Waals surface area contributed by atoms with Crippen molar-refractivity contribution in [2.24, 2.45) is 0 Å². The number of nitrogens with one attached hydrogen (secondary N) is 1. The molecule has 2 rings (SSSR count). The molecule has 0 aliphatic heterocycles. The van der Waals surface area contributed by atoms with Gasteiger partial charge in [-0.05, 0) is 31.5 Å². The van der Waals surface area contributed by atoms with Crippen molar-refractivity contribution >= 4 is 33.9 Å². The van der Waals surface area contributed by atoms with Crippen molar-refractivity contribution in [1.82, 2.24) is 4.98 Å². The third-order valence-electron chi connectivity index (χ3n) is 2.73. The summed E-state index contributed by atoms with van der Waals surface area (Å²) in [6.45, 7) is 4.10. The topological polar surface area (TPSA) is 51.2 Å². The van der Waals surface area contributed by atoms with Crippen LogP contribution in [0.1, 0.15) is 35.9 Å². The van der Waals surface area contributed by atoms with Crippen LogP contribution >= 0.6 is 22.9 Å². The number of benzene rings is 1. The summed E-state index contributed by atoms with van der Waals surface area (Å²) < 4.78 is 4.98. The summed E-state index contributed by atoms with van der Waals surface area (Å²) in [4.78, 5) is 15.8. The molecular formula is C14H15ClN2O2S. The van der Waals surface area contributed by atoms with Crippen LogP contribution in [0.15, 0.2) is 29.8 Å². The Labute approximate surface area is 126 Å². The van der Waals surface area contributed by atoms with Crippen LogP contribution in [-0.2, 0) is 4.74 Å². The lowest BCUT2D eigenvalue weighted by atomic mass is 10.1. The van der Waals surface area contributed by atoms with E-state index in [4.69, 9.17) is 16.3 Å². The van der Waals surface area contributed by atoms with E-state index in [0.29, 0.717) is 22.3 Å². The molecule has 1 heterocycles. The Balaban J connectivity index is 2.14. The Morgan fingerprint density at radius 2 is 2.35 bits per heavy atom. The molecule has 2 aromatic rings. The first-order chi connectivity index (χ1) is 9.61. The number of anilines is 1. The molecule has 1 atom stereocenters. The first-order valence-corrected chi connectivity index (χ1v) is 7.50. The van der Waals surface area contributed by atoms with Crippen LogP contribution in [0.3, 0.4) is 0 Å². The zero-order valence-electron chi connectivity index (χ0n) is 11.2. The lowest BCUT2D eigenvalue weighted by molar-refractivity contribution is 0.0521. The van der Waals surface area contributed by atoms with Gasteiger partial charge in [0.25, 0.3) is 0 Å². The van der Waals surface area contributed by atoms with E-state index in [1.165, 1.54) is 11.3 Å². The fourth-order valence-corrected chi connectivity index (χ4v) is 2.70. The number of thiazole rings is 1. The molecular weight excluding hydrogens is 296 g/mol. The van der Waals surface area contributed by atoms with Gasteiger partial charge in [0.1, 0.15) is 5.00 Å². The quantitative estimate of drug-likeness (QED) is 0.843. The highest BCUT2D eigenvalue weighted by Gasteiger charge is 2.18. The molecule has 0 spiro atoms. The predicted octanol–water partition coefficient (Wildman–Crippen LogP) is 4.15. The SMILES string of the molecule is CCOC(=O)c1ncsc1NC(C)c1cccc(Cl)c1. The molecule has 106 valence electrons. The number of hydrogen-bond acceptors (Lipinski definition) is 5. The molecule has 0 radical (unpaired) electrons. The average Bonchev–Trinajstić information content (AvgIpc) is 2.87. The molecule has 1 N–H and O–H groups in total. The Morgan fingerprint density at radius 1 is 1.55 bits per heavy atom. The molecule has 0 amide bonds.